The van der Waals surface area contributed by atoms with Gasteiger partial charge in [0.2, 0.25) is 0 Å². The molecule has 0 atom stereocenters. The van der Waals surface area contributed by atoms with Crippen LogP contribution in [0.25, 0.3) is 38.8 Å². The van der Waals surface area contributed by atoms with E-state index in [1.807, 2.05) is 12.3 Å². The molecule has 3 aromatic carbocycles. The van der Waals surface area contributed by atoms with Crippen LogP contribution in [0.15, 0.2) is 83.5 Å². The van der Waals surface area contributed by atoms with Crippen molar-refractivity contribution in [3.05, 3.63) is 94.6 Å². The van der Waals surface area contributed by atoms with Crippen LogP contribution in [-0.2, 0) is 5.41 Å². The standard InChI is InChI=1S/C26H19BrN2/c1-26(2)21-15-16(27)10-11-17(21)19-12-13-20-18-7-3-4-8-22(18)29(25(20)24(19)26)23-9-5-6-14-28-23/h3-15H,1-2H3. The second-order valence-electron chi connectivity index (χ2n) is 8.24. The fraction of sp³-hybridized carbons (Fsp3) is 0.115. The molecule has 2 heterocycles. The first-order chi connectivity index (χ1) is 14.1. The zero-order chi connectivity index (χ0) is 19.8. The summed E-state index contributed by atoms with van der Waals surface area (Å²) in [6.45, 7) is 4.67. The number of benzene rings is 3. The maximum absolute atomic E-state index is 4.71. The average Bonchev–Trinajstić information content (AvgIpc) is 3.18. The molecule has 29 heavy (non-hydrogen) atoms. The average molecular weight is 439 g/mol. The maximum atomic E-state index is 4.71. The van der Waals surface area contributed by atoms with Crippen molar-refractivity contribution < 1.29 is 0 Å². The summed E-state index contributed by atoms with van der Waals surface area (Å²) in [5.41, 5.74) is 7.76. The molecule has 0 amide bonds. The summed E-state index contributed by atoms with van der Waals surface area (Å²) in [6.07, 6.45) is 1.87. The van der Waals surface area contributed by atoms with Gasteiger partial charge in [-0.15, -0.1) is 0 Å². The van der Waals surface area contributed by atoms with Crippen molar-refractivity contribution in [1.29, 1.82) is 0 Å². The van der Waals surface area contributed by atoms with Crippen LogP contribution in [0, 0.1) is 0 Å². The molecule has 0 bridgehead atoms. The van der Waals surface area contributed by atoms with Crippen molar-refractivity contribution in [2.75, 3.05) is 0 Å². The summed E-state index contributed by atoms with van der Waals surface area (Å²) in [4.78, 5) is 4.71. The highest BCUT2D eigenvalue weighted by Crippen LogP contribution is 2.53. The molecule has 3 heteroatoms. The first-order valence-corrected chi connectivity index (χ1v) is 10.6. The summed E-state index contributed by atoms with van der Waals surface area (Å²) in [6, 6.07) is 26.0. The molecule has 5 aromatic rings. The van der Waals surface area contributed by atoms with Crippen molar-refractivity contribution >= 4 is 37.7 Å². The lowest BCUT2D eigenvalue weighted by atomic mass is 9.81. The van der Waals surface area contributed by atoms with Crippen LogP contribution in [0.3, 0.4) is 0 Å². The number of rotatable bonds is 1. The molecule has 0 fully saturated rings. The van der Waals surface area contributed by atoms with Crippen molar-refractivity contribution in [1.82, 2.24) is 9.55 Å². The van der Waals surface area contributed by atoms with Gasteiger partial charge in [-0.25, -0.2) is 4.98 Å². The Bertz CT molecular complexity index is 1430. The van der Waals surface area contributed by atoms with Crippen LogP contribution >= 0.6 is 15.9 Å². The van der Waals surface area contributed by atoms with Gasteiger partial charge >= 0.3 is 0 Å². The van der Waals surface area contributed by atoms with Crippen LogP contribution < -0.4 is 0 Å². The summed E-state index contributed by atoms with van der Waals surface area (Å²) in [5.74, 6) is 0.958. The third kappa shape index (κ3) is 2.19. The molecular formula is C26H19BrN2. The quantitative estimate of drug-likeness (QED) is 0.269. The zero-order valence-electron chi connectivity index (χ0n) is 16.3. The minimum absolute atomic E-state index is 0.102. The molecule has 0 saturated carbocycles. The van der Waals surface area contributed by atoms with E-state index in [0.29, 0.717) is 0 Å². The summed E-state index contributed by atoms with van der Waals surface area (Å²) in [5, 5.41) is 2.55. The lowest BCUT2D eigenvalue weighted by Crippen LogP contribution is -2.16. The topological polar surface area (TPSA) is 17.8 Å². The van der Waals surface area contributed by atoms with Gasteiger partial charge in [0.25, 0.3) is 0 Å². The van der Waals surface area contributed by atoms with Crippen LogP contribution in [0.2, 0.25) is 0 Å². The Kier molecular flexibility index (Phi) is 3.40. The van der Waals surface area contributed by atoms with Crippen LogP contribution in [-0.4, -0.2) is 9.55 Å². The first-order valence-electron chi connectivity index (χ1n) is 9.86. The fourth-order valence-corrected chi connectivity index (χ4v) is 5.40. The van der Waals surface area contributed by atoms with E-state index in [-0.39, 0.29) is 5.41 Å². The summed E-state index contributed by atoms with van der Waals surface area (Å²) >= 11 is 3.68. The molecular weight excluding hydrogens is 420 g/mol. The van der Waals surface area contributed by atoms with Gasteiger partial charge in [-0.2, -0.15) is 0 Å². The molecule has 0 spiro atoms. The number of fused-ring (bicyclic) bond motifs is 7. The first kappa shape index (κ1) is 17.0. The number of para-hydroxylation sites is 1. The van der Waals surface area contributed by atoms with Crippen LogP contribution in [0.5, 0.6) is 0 Å². The Morgan fingerprint density at radius 2 is 1.62 bits per heavy atom. The minimum atomic E-state index is -0.102. The minimum Gasteiger partial charge on any atom is -0.293 e. The van der Waals surface area contributed by atoms with E-state index in [2.05, 4.69) is 101 Å². The van der Waals surface area contributed by atoms with Gasteiger partial charge in [0.15, 0.2) is 0 Å². The number of nitrogens with zero attached hydrogens (tertiary/aromatic N) is 2. The van der Waals surface area contributed by atoms with Gasteiger partial charge in [0.05, 0.1) is 11.0 Å². The molecule has 140 valence electrons. The van der Waals surface area contributed by atoms with Gasteiger partial charge in [0, 0.05) is 26.9 Å². The van der Waals surface area contributed by atoms with E-state index in [4.69, 9.17) is 4.98 Å². The van der Waals surface area contributed by atoms with Crippen molar-refractivity contribution in [3.63, 3.8) is 0 Å². The largest absolute Gasteiger partial charge is 0.293 e. The number of aromatic nitrogens is 2. The van der Waals surface area contributed by atoms with Gasteiger partial charge in [-0.05, 0) is 52.6 Å². The number of pyridine rings is 1. The number of halogens is 1. The van der Waals surface area contributed by atoms with E-state index in [0.717, 1.165) is 10.3 Å². The Hall–Kier alpha value is -2.91. The van der Waals surface area contributed by atoms with E-state index >= 15 is 0 Å². The highest BCUT2D eigenvalue weighted by Gasteiger charge is 2.38. The highest BCUT2D eigenvalue weighted by atomic mass is 79.9. The molecule has 0 unspecified atom stereocenters. The lowest BCUT2D eigenvalue weighted by Gasteiger charge is -2.23. The molecule has 2 aromatic heterocycles. The van der Waals surface area contributed by atoms with Crippen molar-refractivity contribution in [2.45, 2.75) is 19.3 Å². The third-order valence-electron chi connectivity index (χ3n) is 6.29. The number of hydrogen-bond donors (Lipinski definition) is 0. The lowest BCUT2D eigenvalue weighted by molar-refractivity contribution is 0.663. The molecule has 0 saturated heterocycles. The van der Waals surface area contributed by atoms with Crippen LogP contribution in [0.1, 0.15) is 25.0 Å². The van der Waals surface area contributed by atoms with E-state index < -0.39 is 0 Å². The van der Waals surface area contributed by atoms with Gasteiger partial charge in [-0.3, -0.25) is 4.57 Å². The summed E-state index contributed by atoms with van der Waals surface area (Å²) < 4.78 is 3.46. The zero-order valence-corrected chi connectivity index (χ0v) is 17.9. The second-order valence-corrected chi connectivity index (χ2v) is 9.16. The van der Waals surface area contributed by atoms with Gasteiger partial charge < -0.3 is 0 Å². The smallest absolute Gasteiger partial charge is 0.137 e. The molecule has 0 aliphatic heterocycles. The van der Waals surface area contributed by atoms with Crippen molar-refractivity contribution in [2.24, 2.45) is 0 Å². The predicted octanol–water partition coefficient (Wildman–Crippen LogP) is 7.25. The molecule has 0 N–H and O–H groups in total. The Labute approximate surface area is 178 Å². The number of hydrogen-bond acceptors (Lipinski definition) is 1. The molecule has 6 rings (SSSR count). The molecule has 2 nitrogen and oxygen atoms in total. The normalized spacial score (nSPS) is 14.3. The van der Waals surface area contributed by atoms with Gasteiger partial charge in [0.1, 0.15) is 5.82 Å². The SMILES string of the molecule is CC1(C)c2cc(Br)ccc2-c2ccc3c4ccccc4n(-c4ccccn4)c3c21. The Balaban J connectivity index is 1.84. The van der Waals surface area contributed by atoms with Gasteiger partial charge in [-0.1, -0.05) is 72.2 Å². The molecule has 1 aliphatic rings. The van der Waals surface area contributed by atoms with Crippen molar-refractivity contribution in [3.8, 4) is 16.9 Å². The monoisotopic (exact) mass is 438 g/mol. The molecule has 1 aliphatic carbocycles. The summed E-state index contributed by atoms with van der Waals surface area (Å²) in [7, 11) is 0. The second kappa shape index (κ2) is 5.80. The maximum Gasteiger partial charge on any atom is 0.137 e. The Morgan fingerprint density at radius 1 is 0.828 bits per heavy atom. The van der Waals surface area contributed by atoms with Crippen LogP contribution in [0.4, 0.5) is 0 Å². The van der Waals surface area contributed by atoms with E-state index in [1.54, 1.807) is 0 Å². The predicted molar refractivity (Wildman–Crippen MR) is 124 cm³/mol. The fourth-order valence-electron chi connectivity index (χ4n) is 5.04. The third-order valence-corrected chi connectivity index (χ3v) is 6.78. The highest BCUT2D eigenvalue weighted by molar-refractivity contribution is 9.10. The molecule has 0 radical (unpaired) electrons. The van der Waals surface area contributed by atoms with E-state index in [9.17, 15) is 0 Å². The Morgan fingerprint density at radius 3 is 2.45 bits per heavy atom. The van der Waals surface area contributed by atoms with E-state index in [1.165, 1.54) is 44.1 Å².